The third-order valence-corrected chi connectivity index (χ3v) is 6.46. The van der Waals surface area contributed by atoms with Crippen LogP contribution in [0.1, 0.15) is 54.6 Å². The van der Waals surface area contributed by atoms with Crippen LogP contribution in [0.15, 0.2) is 72.3 Å². The summed E-state index contributed by atoms with van der Waals surface area (Å²) in [6.45, 7) is 7.72. The lowest BCUT2D eigenvalue weighted by atomic mass is 9.84. The number of carbonyl (C=O) groups is 2. The van der Waals surface area contributed by atoms with Crippen LogP contribution in [0.4, 0.5) is 18.9 Å². The number of aromatic hydroxyl groups is 1. The standard InChI is InChI=1S/C29H26F3NO4/c1-16-8-11-18(28(2,3)4)15-22(16)25(35)23-24(17-9-12-21(34)13-10-17)33(27(37)26(23)36)20-7-5-6-19(14-20)29(30,31)32/h5-15,24,34-35H,1-4H3/b25-23+. The molecule has 1 atom stereocenters. The zero-order valence-electron chi connectivity index (χ0n) is 20.7. The Kier molecular flexibility index (Phi) is 6.40. The third-order valence-electron chi connectivity index (χ3n) is 6.46. The maximum absolute atomic E-state index is 13.5. The number of aliphatic hydroxyl groups excluding tert-OH is 1. The van der Waals surface area contributed by atoms with Gasteiger partial charge in [0.2, 0.25) is 0 Å². The Morgan fingerprint density at radius 3 is 2.14 bits per heavy atom. The number of rotatable bonds is 3. The van der Waals surface area contributed by atoms with Crippen LogP contribution in [0.3, 0.4) is 0 Å². The Morgan fingerprint density at radius 2 is 1.54 bits per heavy atom. The highest BCUT2D eigenvalue weighted by Crippen LogP contribution is 2.44. The van der Waals surface area contributed by atoms with Crippen molar-refractivity contribution in [1.29, 1.82) is 0 Å². The summed E-state index contributed by atoms with van der Waals surface area (Å²) in [6, 6.07) is 14.0. The molecule has 1 unspecified atom stereocenters. The van der Waals surface area contributed by atoms with Gasteiger partial charge < -0.3 is 10.2 Å². The topological polar surface area (TPSA) is 77.8 Å². The van der Waals surface area contributed by atoms with E-state index >= 15 is 0 Å². The molecule has 1 saturated heterocycles. The molecule has 3 aromatic rings. The molecule has 4 rings (SSSR count). The van der Waals surface area contributed by atoms with Gasteiger partial charge in [0.25, 0.3) is 11.7 Å². The number of anilines is 1. The predicted molar refractivity (Wildman–Crippen MR) is 134 cm³/mol. The fourth-order valence-electron chi connectivity index (χ4n) is 4.39. The zero-order chi connectivity index (χ0) is 27.3. The molecule has 1 aliphatic rings. The second kappa shape index (κ2) is 9.10. The van der Waals surface area contributed by atoms with Gasteiger partial charge in [-0.2, -0.15) is 13.2 Å². The molecule has 8 heteroatoms. The van der Waals surface area contributed by atoms with Crippen LogP contribution < -0.4 is 4.90 Å². The number of aliphatic hydroxyl groups is 1. The van der Waals surface area contributed by atoms with E-state index in [0.29, 0.717) is 16.7 Å². The van der Waals surface area contributed by atoms with Crippen LogP contribution in [-0.4, -0.2) is 21.9 Å². The highest BCUT2D eigenvalue weighted by Gasteiger charge is 2.47. The van der Waals surface area contributed by atoms with Crippen LogP contribution in [0.25, 0.3) is 5.76 Å². The molecule has 5 nitrogen and oxygen atoms in total. The summed E-state index contributed by atoms with van der Waals surface area (Å²) in [5.74, 6) is -2.58. The first-order valence-electron chi connectivity index (χ1n) is 11.6. The zero-order valence-corrected chi connectivity index (χ0v) is 20.7. The van der Waals surface area contributed by atoms with Gasteiger partial charge >= 0.3 is 6.18 Å². The van der Waals surface area contributed by atoms with Gasteiger partial charge in [0.15, 0.2) is 0 Å². The van der Waals surface area contributed by atoms with Crippen molar-refractivity contribution in [2.24, 2.45) is 0 Å². The Morgan fingerprint density at radius 1 is 0.892 bits per heavy atom. The van der Waals surface area contributed by atoms with E-state index in [9.17, 15) is 33.0 Å². The molecular formula is C29H26F3NO4. The largest absolute Gasteiger partial charge is 0.508 e. The van der Waals surface area contributed by atoms with Crippen LogP contribution in [-0.2, 0) is 21.2 Å². The maximum Gasteiger partial charge on any atom is 0.416 e. The van der Waals surface area contributed by atoms with E-state index in [0.717, 1.165) is 28.7 Å². The summed E-state index contributed by atoms with van der Waals surface area (Å²) in [4.78, 5) is 27.6. The van der Waals surface area contributed by atoms with Crippen molar-refractivity contribution in [3.8, 4) is 5.75 Å². The average molecular weight is 510 g/mol. The molecule has 0 aliphatic carbocycles. The van der Waals surface area contributed by atoms with Crippen molar-refractivity contribution >= 4 is 23.1 Å². The van der Waals surface area contributed by atoms with Crippen LogP contribution >= 0.6 is 0 Å². The van der Waals surface area contributed by atoms with E-state index in [1.807, 2.05) is 26.8 Å². The van der Waals surface area contributed by atoms with Crippen molar-refractivity contribution in [1.82, 2.24) is 0 Å². The minimum absolute atomic E-state index is 0.0755. The second-order valence-corrected chi connectivity index (χ2v) is 10.1. The van der Waals surface area contributed by atoms with Gasteiger partial charge in [0.1, 0.15) is 11.5 Å². The van der Waals surface area contributed by atoms with E-state index in [4.69, 9.17) is 0 Å². The molecule has 0 bridgehead atoms. The van der Waals surface area contributed by atoms with E-state index in [1.54, 1.807) is 19.1 Å². The molecule has 0 radical (unpaired) electrons. The molecule has 1 fully saturated rings. The lowest BCUT2D eigenvalue weighted by Gasteiger charge is -2.26. The number of nitrogens with zero attached hydrogens (tertiary/aromatic N) is 1. The number of alkyl halides is 3. The molecule has 2 N–H and O–H groups in total. The van der Waals surface area contributed by atoms with Gasteiger partial charge in [-0.3, -0.25) is 14.5 Å². The van der Waals surface area contributed by atoms with Crippen molar-refractivity contribution < 1.29 is 33.0 Å². The van der Waals surface area contributed by atoms with Gasteiger partial charge in [-0.05, 0) is 65.4 Å². The molecular weight excluding hydrogens is 483 g/mol. The van der Waals surface area contributed by atoms with Gasteiger partial charge in [0, 0.05) is 11.3 Å². The molecule has 0 saturated carbocycles. The van der Waals surface area contributed by atoms with E-state index < -0.39 is 35.2 Å². The molecule has 0 aromatic heterocycles. The number of amides is 1. The van der Waals surface area contributed by atoms with E-state index in [2.05, 4.69) is 0 Å². The Hall–Kier alpha value is -4.07. The second-order valence-electron chi connectivity index (χ2n) is 10.1. The van der Waals surface area contributed by atoms with Crippen LogP contribution in [0.5, 0.6) is 5.75 Å². The fourth-order valence-corrected chi connectivity index (χ4v) is 4.39. The monoisotopic (exact) mass is 509 g/mol. The molecule has 1 aliphatic heterocycles. The van der Waals surface area contributed by atoms with Gasteiger partial charge in [-0.25, -0.2) is 0 Å². The van der Waals surface area contributed by atoms with Crippen molar-refractivity contribution in [3.63, 3.8) is 0 Å². The van der Waals surface area contributed by atoms with Crippen LogP contribution in [0.2, 0.25) is 0 Å². The summed E-state index contributed by atoms with van der Waals surface area (Å²) in [5, 5.41) is 21.2. The van der Waals surface area contributed by atoms with Crippen molar-refractivity contribution in [2.75, 3.05) is 4.90 Å². The predicted octanol–water partition coefficient (Wildman–Crippen LogP) is 6.64. The van der Waals surface area contributed by atoms with Crippen molar-refractivity contribution in [2.45, 2.75) is 45.3 Å². The molecule has 1 heterocycles. The summed E-state index contributed by atoms with van der Waals surface area (Å²) in [7, 11) is 0. The molecule has 3 aromatic carbocycles. The highest BCUT2D eigenvalue weighted by molar-refractivity contribution is 6.51. The maximum atomic E-state index is 13.5. The highest BCUT2D eigenvalue weighted by atomic mass is 19.4. The van der Waals surface area contributed by atoms with Crippen LogP contribution in [0, 0.1) is 6.92 Å². The molecule has 37 heavy (non-hydrogen) atoms. The third kappa shape index (κ3) is 4.83. The molecule has 1 amide bonds. The van der Waals surface area contributed by atoms with Gasteiger partial charge in [-0.15, -0.1) is 0 Å². The number of Topliss-reactive ketones (excluding diaryl/α,β-unsaturated/α-hetero) is 1. The number of aryl methyl sites for hydroxylation is 1. The quantitative estimate of drug-likeness (QED) is 0.236. The first-order valence-corrected chi connectivity index (χ1v) is 11.6. The Labute approximate surface area is 212 Å². The SMILES string of the molecule is Cc1ccc(C(C)(C)C)cc1/C(O)=C1\C(=O)C(=O)N(c2cccc(C(F)(F)F)c2)C1c1ccc(O)cc1. The fraction of sp³-hybridized carbons (Fsp3) is 0.241. The molecule has 0 spiro atoms. The Balaban J connectivity index is 1.98. The van der Waals surface area contributed by atoms with Gasteiger partial charge in [-0.1, -0.05) is 51.1 Å². The van der Waals surface area contributed by atoms with Crippen molar-refractivity contribution in [3.05, 3.63) is 100 Å². The van der Waals surface area contributed by atoms with Gasteiger partial charge in [0.05, 0.1) is 17.2 Å². The number of phenols is 1. The number of carbonyl (C=O) groups excluding carboxylic acids is 2. The first kappa shape index (κ1) is 26.0. The number of hydrogen-bond donors (Lipinski definition) is 2. The lowest BCUT2D eigenvalue weighted by Crippen LogP contribution is -2.29. The number of benzene rings is 3. The summed E-state index contributed by atoms with van der Waals surface area (Å²) >= 11 is 0. The van der Waals surface area contributed by atoms with E-state index in [-0.39, 0.29) is 22.4 Å². The molecule has 192 valence electrons. The number of halogens is 3. The Bertz CT molecular complexity index is 1420. The summed E-state index contributed by atoms with van der Waals surface area (Å²) in [6.07, 6.45) is -4.66. The lowest BCUT2D eigenvalue weighted by molar-refractivity contribution is -0.137. The average Bonchev–Trinajstić information content (AvgIpc) is 3.08. The number of ketones is 1. The normalized spacial score (nSPS) is 17.9. The number of hydrogen-bond acceptors (Lipinski definition) is 4. The summed E-state index contributed by atoms with van der Waals surface area (Å²) < 4.78 is 40.4. The first-order chi connectivity index (χ1) is 17.2. The summed E-state index contributed by atoms with van der Waals surface area (Å²) in [5.41, 5.74) is 0.567. The van der Waals surface area contributed by atoms with E-state index in [1.165, 1.54) is 30.3 Å². The minimum Gasteiger partial charge on any atom is -0.508 e. The number of phenolic OH excluding ortho intramolecular Hbond substituents is 1. The smallest absolute Gasteiger partial charge is 0.416 e. The minimum atomic E-state index is -4.66.